The van der Waals surface area contributed by atoms with Crippen molar-refractivity contribution in [1.29, 1.82) is 0 Å². The standard InChI is InChI=1S/C19H15Cl2NO2/c1-2-23-15-6-4-14(5-7-15)22-12-16-8-10-19(24-16)17-9-3-13(20)11-18(17)21/h3-12H,2H2,1H3. The van der Waals surface area contributed by atoms with Crippen LogP contribution in [-0.4, -0.2) is 12.8 Å². The monoisotopic (exact) mass is 359 g/mol. The van der Waals surface area contributed by atoms with Crippen molar-refractivity contribution in [3.8, 4) is 17.1 Å². The zero-order chi connectivity index (χ0) is 16.9. The summed E-state index contributed by atoms with van der Waals surface area (Å²) in [5.41, 5.74) is 1.61. The maximum absolute atomic E-state index is 6.20. The average Bonchev–Trinajstić information content (AvgIpc) is 3.03. The van der Waals surface area contributed by atoms with E-state index in [0.717, 1.165) is 17.0 Å². The number of hydrogen-bond donors (Lipinski definition) is 0. The lowest BCUT2D eigenvalue weighted by Gasteiger charge is -2.02. The first-order valence-corrected chi connectivity index (χ1v) is 8.23. The third kappa shape index (κ3) is 3.99. The van der Waals surface area contributed by atoms with Crippen molar-refractivity contribution >= 4 is 35.1 Å². The lowest BCUT2D eigenvalue weighted by Crippen LogP contribution is -1.89. The predicted octanol–water partition coefficient (Wildman–Crippen LogP) is 6.40. The van der Waals surface area contributed by atoms with Gasteiger partial charge in [0.05, 0.1) is 23.5 Å². The first-order chi connectivity index (χ1) is 11.7. The second-order valence-electron chi connectivity index (χ2n) is 5.01. The van der Waals surface area contributed by atoms with Gasteiger partial charge in [0.25, 0.3) is 0 Å². The van der Waals surface area contributed by atoms with Crippen LogP contribution in [0.1, 0.15) is 12.7 Å². The smallest absolute Gasteiger partial charge is 0.145 e. The molecular weight excluding hydrogens is 345 g/mol. The maximum atomic E-state index is 6.20. The van der Waals surface area contributed by atoms with E-state index in [2.05, 4.69) is 4.99 Å². The molecule has 0 atom stereocenters. The van der Waals surface area contributed by atoms with Gasteiger partial charge in [-0.3, -0.25) is 4.99 Å². The summed E-state index contributed by atoms with van der Waals surface area (Å²) in [5.74, 6) is 2.14. The number of furan rings is 1. The molecule has 0 aliphatic heterocycles. The molecule has 3 aromatic rings. The van der Waals surface area contributed by atoms with Crippen molar-refractivity contribution in [1.82, 2.24) is 0 Å². The first-order valence-electron chi connectivity index (χ1n) is 7.48. The summed E-state index contributed by atoms with van der Waals surface area (Å²) < 4.78 is 11.2. The van der Waals surface area contributed by atoms with Crippen molar-refractivity contribution in [2.45, 2.75) is 6.92 Å². The second kappa shape index (κ2) is 7.56. The number of halogens is 2. The lowest BCUT2D eigenvalue weighted by atomic mass is 10.2. The molecule has 122 valence electrons. The topological polar surface area (TPSA) is 34.7 Å². The van der Waals surface area contributed by atoms with Gasteiger partial charge in [0, 0.05) is 10.6 Å². The van der Waals surface area contributed by atoms with Gasteiger partial charge < -0.3 is 9.15 Å². The summed E-state index contributed by atoms with van der Waals surface area (Å²) in [6, 6.07) is 16.6. The summed E-state index contributed by atoms with van der Waals surface area (Å²) in [7, 11) is 0. The summed E-state index contributed by atoms with van der Waals surface area (Å²) in [5, 5.41) is 1.14. The molecule has 0 saturated heterocycles. The molecule has 0 N–H and O–H groups in total. The van der Waals surface area contributed by atoms with Gasteiger partial charge in [-0.15, -0.1) is 0 Å². The highest BCUT2D eigenvalue weighted by Crippen LogP contribution is 2.31. The van der Waals surface area contributed by atoms with Crippen molar-refractivity contribution in [2.75, 3.05) is 6.61 Å². The molecule has 0 aliphatic carbocycles. The summed E-state index contributed by atoms with van der Waals surface area (Å²) in [6.45, 7) is 2.60. The molecule has 24 heavy (non-hydrogen) atoms. The van der Waals surface area contributed by atoms with Crippen LogP contribution in [0, 0.1) is 0 Å². The van der Waals surface area contributed by atoms with Crippen LogP contribution in [0.2, 0.25) is 10.0 Å². The van der Waals surface area contributed by atoms with Crippen LogP contribution in [0.15, 0.2) is 64.0 Å². The number of hydrogen-bond acceptors (Lipinski definition) is 3. The van der Waals surface area contributed by atoms with E-state index in [1.807, 2.05) is 49.4 Å². The number of ether oxygens (including phenoxy) is 1. The number of rotatable bonds is 5. The summed E-state index contributed by atoms with van der Waals surface area (Å²) in [6.07, 6.45) is 1.67. The van der Waals surface area contributed by atoms with Gasteiger partial charge in [0.1, 0.15) is 17.3 Å². The molecule has 3 nitrogen and oxygen atoms in total. The van der Waals surface area contributed by atoms with Crippen LogP contribution in [0.5, 0.6) is 5.75 Å². The van der Waals surface area contributed by atoms with Crippen molar-refractivity contribution in [2.24, 2.45) is 4.99 Å². The Bertz CT molecular complexity index is 854. The molecule has 5 heteroatoms. The molecule has 1 heterocycles. The zero-order valence-electron chi connectivity index (χ0n) is 13.0. The van der Waals surface area contributed by atoms with Crippen LogP contribution < -0.4 is 4.74 Å². The Labute approximate surface area is 150 Å². The molecule has 0 spiro atoms. The quantitative estimate of drug-likeness (QED) is 0.493. The fraction of sp³-hybridized carbons (Fsp3) is 0.105. The molecule has 0 saturated carbocycles. The Hall–Kier alpha value is -2.23. The van der Waals surface area contributed by atoms with E-state index in [-0.39, 0.29) is 0 Å². The molecule has 0 unspecified atom stereocenters. The van der Waals surface area contributed by atoms with E-state index < -0.39 is 0 Å². The minimum absolute atomic E-state index is 0.548. The van der Waals surface area contributed by atoms with Gasteiger partial charge in [0.2, 0.25) is 0 Å². The van der Waals surface area contributed by atoms with E-state index in [9.17, 15) is 0 Å². The van der Waals surface area contributed by atoms with Crippen molar-refractivity contribution < 1.29 is 9.15 Å². The Morgan fingerprint density at radius 1 is 1.04 bits per heavy atom. The van der Waals surface area contributed by atoms with Gasteiger partial charge >= 0.3 is 0 Å². The number of nitrogens with zero attached hydrogens (tertiary/aromatic N) is 1. The van der Waals surface area contributed by atoms with E-state index >= 15 is 0 Å². The summed E-state index contributed by atoms with van der Waals surface area (Å²) >= 11 is 12.1. The average molecular weight is 360 g/mol. The molecule has 0 amide bonds. The minimum Gasteiger partial charge on any atom is -0.494 e. The maximum Gasteiger partial charge on any atom is 0.145 e. The normalized spacial score (nSPS) is 11.1. The Morgan fingerprint density at radius 3 is 2.54 bits per heavy atom. The van der Waals surface area contributed by atoms with E-state index in [0.29, 0.717) is 28.2 Å². The van der Waals surface area contributed by atoms with E-state index in [4.69, 9.17) is 32.4 Å². The molecule has 0 aliphatic rings. The third-order valence-corrected chi connectivity index (χ3v) is 3.86. The van der Waals surface area contributed by atoms with Crippen molar-refractivity contribution in [3.05, 3.63) is 70.4 Å². The van der Waals surface area contributed by atoms with Gasteiger partial charge in [-0.25, -0.2) is 0 Å². The number of benzene rings is 2. The summed E-state index contributed by atoms with van der Waals surface area (Å²) in [4.78, 5) is 4.39. The first kappa shape index (κ1) is 16.6. The number of aliphatic imine (C=N–C) groups is 1. The van der Waals surface area contributed by atoms with Crippen molar-refractivity contribution in [3.63, 3.8) is 0 Å². The molecule has 0 bridgehead atoms. The van der Waals surface area contributed by atoms with Crippen LogP contribution in [-0.2, 0) is 0 Å². The Balaban J connectivity index is 1.75. The fourth-order valence-electron chi connectivity index (χ4n) is 2.19. The van der Waals surface area contributed by atoms with E-state index in [1.54, 1.807) is 18.3 Å². The molecule has 0 fully saturated rings. The molecule has 2 aromatic carbocycles. The van der Waals surface area contributed by atoms with Crippen LogP contribution in [0.3, 0.4) is 0 Å². The molecule has 0 radical (unpaired) electrons. The lowest BCUT2D eigenvalue weighted by molar-refractivity contribution is 0.340. The Morgan fingerprint density at radius 2 is 1.83 bits per heavy atom. The molecule has 3 rings (SSSR count). The minimum atomic E-state index is 0.548. The predicted molar refractivity (Wildman–Crippen MR) is 99.0 cm³/mol. The van der Waals surface area contributed by atoms with Crippen LogP contribution in [0.4, 0.5) is 5.69 Å². The second-order valence-corrected chi connectivity index (χ2v) is 5.85. The largest absolute Gasteiger partial charge is 0.494 e. The van der Waals surface area contributed by atoms with Crippen LogP contribution >= 0.6 is 23.2 Å². The SMILES string of the molecule is CCOc1ccc(N=Cc2ccc(-c3ccc(Cl)cc3Cl)o2)cc1. The van der Waals surface area contributed by atoms with Gasteiger partial charge in [-0.1, -0.05) is 23.2 Å². The van der Waals surface area contributed by atoms with Crippen LogP contribution in [0.25, 0.3) is 11.3 Å². The third-order valence-electron chi connectivity index (χ3n) is 3.31. The zero-order valence-corrected chi connectivity index (χ0v) is 14.5. The Kier molecular flexibility index (Phi) is 5.24. The van der Waals surface area contributed by atoms with Gasteiger partial charge in [0.15, 0.2) is 0 Å². The fourth-order valence-corrected chi connectivity index (χ4v) is 2.69. The van der Waals surface area contributed by atoms with Gasteiger partial charge in [-0.05, 0) is 61.5 Å². The van der Waals surface area contributed by atoms with E-state index in [1.165, 1.54) is 0 Å². The molecule has 1 aromatic heterocycles. The van der Waals surface area contributed by atoms with Gasteiger partial charge in [-0.2, -0.15) is 0 Å². The molecular formula is C19H15Cl2NO2. The highest BCUT2D eigenvalue weighted by atomic mass is 35.5. The highest BCUT2D eigenvalue weighted by molar-refractivity contribution is 6.36. The highest BCUT2D eigenvalue weighted by Gasteiger charge is 2.08.